The number of piperidine rings is 1. The van der Waals surface area contributed by atoms with Crippen molar-refractivity contribution in [3.63, 3.8) is 0 Å². The van der Waals surface area contributed by atoms with Crippen LogP contribution in [-0.2, 0) is 10.0 Å². The fraction of sp³-hybridized carbons (Fsp3) is 0.385. The van der Waals surface area contributed by atoms with Crippen LogP contribution in [0, 0.1) is 29.9 Å². The first-order valence-corrected chi connectivity index (χ1v) is 7.30. The molecule has 1 aliphatic heterocycles. The van der Waals surface area contributed by atoms with E-state index < -0.39 is 26.6 Å². The van der Waals surface area contributed by atoms with Crippen molar-refractivity contribution in [2.24, 2.45) is 5.92 Å². The molecule has 6 heteroatoms. The first kappa shape index (κ1) is 14.0. The van der Waals surface area contributed by atoms with E-state index in [-0.39, 0.29) is 19.0 Å². The van der Waals surface area contributed by atoms with Gasteiger partial charge in [-0.15, -0.1) is 12.3 Å². The summed E-state index contributed by atoms with van der Waals surface area (Å²) in [6, 6.07) is 2.41. The van der Waals surface area contributed by atoms with Crippen LogP contribution in [0.5, 0.6) is 0 Å². The molecule has 102 valence electrons. The van der Waals surface area contributed by atoms with Crippen LogP contribution in [-0.4, -0.2) is 25.8 Å². The molecule has 0 N–H and O–H groups in total. The minimum Gasteiger partial charge on any atom is -0.207 e. The molecule has 3 nitrogen and oxygen atoms in total. The van der Waals surface area contributed by atoms with Gasteiger partial charge in [-0.25, -0.2) is 17.2 Å². The molecule has 0 radical (unpaired) electrons. The van der Waals surface area contributed by atoms with Gasteiger partial charge in [-0.2, -0.15) is 4.31 Å². The van der Waals surface area contributed by atoms with E-state index in [0.29, 0.717) is 18.9 Å². The molecule has 1 heterocycles. The van der Waals surface area contributed by atoms with Gasteiger partial charge < -0.3 is 0 Å². The van der Waals surface area contributed by atoms with E-state index in [1.54, 1.807) is 0 Å². The molecule has 1 aromatic carbocycles. The Morgan fingerprint density at radius 2 is 1.89 bits per heavy atom. The van der Waals surface area contributed by atoms with E-state index in [2.05, 4.69) is 5.92 Å². The van der Waals surface area contributed by atoms with Crippen LogP contribution in [0.25, 0.3) is 0 Å². The number of hydrogen-bond acceptors (Lipinski definition) is 2. The number of terminal acetylenes is 1. The largest absolute Gasteiger partial charge is 0.246 e. The zero-order valence-electron chi connectivity index (χ0n) is 10.1. The summed E-state index contributed by atoms with van der Waals surface area (Å²) < 4.78 is 52.2. The van der Waals surface area contributed by atoms with Crippen LogP contribution in [0.2, 0.25) is 0 Å². The van der Waals surface area contributed by atoms with Crippen LogP contribution in [0.1, 0.15) is 12.8 Å². The second kappa shape index (κ2) is 5.27. The Balaban J connectivity index is 2.29. The Morgan fingerprint density at radius 3 is 2.47 bits per heavy atom. The highest BCUT2D eigenvalue weighted by molar-refractivity contribution is 7.89. The van der Waals surface area contributed by atoms with Crippen molar-refractivity contribution in [3.05, 3.63) is 29.8 Å². The van der Waals surface area contributed by atoms with Gasteiger partial charge in [0.15, 0.2) is 0 Å². The molecular weight excluding hydrogens is 272 g/mol. The maximum Gasteiger partial charge on any atom is 0.246 e. The zero-order chi connectivity index (χ0) is 14.0. The Kier molecular flexibility index (Phi) is 3.88. The molecule has 0 amide bonds. The summed E-state index contributed by atoms with van der Waals surface area (Å²) in [6.45, 7) is 0.459. The first-order chi connectivity index (χ1) is 8.95. The molecule has 1 fully saturated rings. The predicted molar refractivity (Wildman–Crippen MR) is 66.7 cm³/mol. The summed E-state index contributed by atoms with van der Waals surface area (Å²) in [5.41, 5.74) is 0. The van der Waals surface area contributed by atoms with Crippen molar-refractivity contribution < 1.29 is 17.2 Å². The third-order valence-corrected chi connectivity index (χ3v) is 5.11. The lowest BCUT2D eigenvalue weighted by atomic mass is 10.00. The summed E-state index contributed by atoms with van der Waals surface area (Å²) in [4.78, 5) is -0.619. The average Bonchev–Trinajstić information content (AvgIpc) is 2.41. The van der Waals surface area contributed by atoms with Crippen molar-refractivity contribution in [3.8, 4) is 12.3 Å². The summed E-state index contributed by atoms with van der Waals surface area (Å²) in [5, 5.41) is 0. The van der Waals surface area contributed by atoms with E-state index in [1.165, 1.54) is 0 Å². The number of nitrogens with zero attached hydrogens (tertiary/aromatic N) is 1. The maximum absolute atomic E-state index is 13.6. The Bertz CT molecular complexity index is 614. The van der Waals surface area contributed by atoms with E-state index >= 15 is 0 Å². The number of halogens is 2. The van der Waals surface area contributed by atoms with E-state index in [9.17, 15) is 17.2 Å². The van der Waals surface area contributed by atoms with Crippen molar-refractivity contribution in [1.82, 2.24) is 4.31 Å². The predicted octanol–water partition coefficient (Wildman–Crippen LogP) is 2.00. The Morgan fingerprint density at radius 1 is 1.26 bits per heavy atom. The molecule has 1 saturated heterocycles. The second-order valence-electron chi connectivity index (χ2n) is 4.42. The van der Waals surface area contributed by atoms with Gasteiger partial charge in [-0.05, 0) is 31.0 Å². The molecule has 0 atom stereocenters. The molecule has 1 aromatic rings. The summed E-state index contributed by atoms with van der Waals surface area (Å²) in [7, 11) is -4.00. The smallest absolute Gasteiger partial charge is 0.207 e. The van der Waals surface area contributed by atoms with Crippen LogP contribution in [0.4, 0.5) is 8.78 Å². The molecule has 0 spiro atoms. The third-order valence-electron chi connectivity index (χ3n) is 3.20. The minimum atomic E-state index is -4.00. The molecule has 2 rings (SSSR count). The number of rotatable bonds is 2. The molecule has 0 unspecified atom stereocenters. The number of benzene rings is 1. The standard InChI is InChI=1S/C13H13F2NO2S/c1-2-10-5-7-16(8-6-10)19(17,18)13-9-11(14)3-4-12(13)15/h1,3-4,9-10H,5-8H2. The number of hydrogen-bond donors (Lipinski definition) is 0. The zero-order valence-corrected chi connectivity index (χ0v) is 11.0. The average molecular weight is 285 g/mol. The van der Waals surface area contributed by atoms with Gasteiger partial charge in [-0.3, -0.25) is 0 Å². The van der Waals surface area contributed by atoms with E-state index in [4.69, 9.17) is 6.42 Å². The molecule has 0 aliphatic carbocycles. The molecule has 19 heavy (non-hydrogen) atoms. The summed E-state index contributed by atoms with van der Waals surface area (Å²) in [6.07, 6.45) is 6.35. The molecule has 1 aliphatic rings. The lowest BCUT2D eigenvalue weighted by Gasteiger charge is -2.29. The van der Waals surface area contributed by atoms with Crippen LogP contribution < -0.4 is 0 Å². The van der Waals surface area contributed by atoms with Gasteiger partial charge in [0.05, 0.1) is 0 Å². The molecule has 0 saturated carbocycles. The topological polar surface area (TPSA) is 37.4 Å². The lowest BCUT2D eigenvalue weighted by molar-refractivity contribution is 0.310. The van der Waals surface area contributed by atoms with Gasteiger partial charge in [0, 0.05) is 19.0 Å². The molecular formula is C13H13F2NO2S. The molecule has 0 bridgehead atoms. The normalized spacial score (nSPS) is 18.2. The van der Waals surface area contributed by atoms with Crippen molar-refractivity contribution >= 4 is 10.0 Å². The van der Waals surface area contributed by atoms with Crippen molar-refractivity contribution in [2.75, 3.05) is 13.1 Å². The summed E-state index contributed by atoms with van der Waals surface area (Å²) in [5.74, 6) is 0.903. The highest BCUT2D eigenvalue weighted by Gasteiger charge is 2.31. The fourth-order valence-corrected chi connectivity index (χ4v) is 3.62. The van der Waals surface area contributed by atoms with Gasteiger partial charge >= 0.3 is 0 Å². The lowest BCUT2D eigenvalue weighted by Crippen LogP contribution is -2.38. The third kappa shape index (κ3) is 2.77. The monoisotopic (exact) mass is 285 g/mol. The molecule has 0 aromatic heterocycles. The quantitative estimate of drug-likeness (QED) is 0.779. The highest BCUT2D eigenvalue weighted by atomic mass is 32.2. The number of sulfonamides is 1. The first-order valence-electron chi connectivity index (χ1n) is 5.86. The highest BCUT2D eigenvalue weighted by Crippen LogP contribution is 2.25. The van der Waals surface area contributed by atoms with E-state index in [0.717, 1.165) is 16.4 Å². The van der Waals surface area contributed by atoms with Crippen LogP contribution in [0.15, 0.2) is 23.1 Å². The van der Waals surface area contributed by atoms with Gasteiger partial charge in [0.25, 0.3) is 0 Å². The fourth-order valence-electron chi connectivity index (χ4n) is 2.08. The van der Waals surface area contributed by atoms with E-state index in [1.807, 2.05) is 0 Å². The van der Waals surface area contributed by atoms with Crippen molar-refractivity contribution in [2.45, 2.75) is 17.7 Å². The van der Waals surface area contributed by atoms with Gasteiger partial charge in [-0.1, -0.05) is 0 Å². The minimum absolute atomic E-state index is 0.0452. The SMILES string of the molecule is C#CC1CCN(S(=O)(=O)c2cc(F)ccc2F)CC1. The second-order valence-corrected chi connectivity index (χ2v) is 6.33. The Labute approximate surface area is 111 Å². The summed E-state index contributed by atoms with van der Waals surface area (Å²) >= 11 is 0. The van der Waals surface area contributed by atoms with Gasteiger partial charge in [0.2, 0.25) is 10.0 Å². The Hall–Kier alpha value is -1.45. The maximum atomic E-state index is 13.6. The van der Waals surface area contributed by atoms with Gasteiger partial charge in [0.1, 0.15) is 16.5 Å². The van der Waals surface area contributed by atoms with Crippen LogP contribution >= 0.6 is 0 Å². The van der Waals surface area contributed by atoms with Crippen molar-refractivity contribution in [1.29, 1.82) is 0 Å². The van der Waals surface area contributed by atoms with Crippen LogP contribution in [0.3, 0.4) is 0 Å².